The third kappa shape index (κ3) is 3.85. The van der Waals surface area contributed by atoms with Crippen LogP contribution in [0.4, 0.5) is 4.79 Å². The zero-order valence-corrected chi connectivity index (χ0v) is 15.3. The van der Waals surface area contributed by atoms with Crippen LogP contribution in [0.1, 0.15) is 49.2 Å². The molecule has 1 heterocycles. The van der Waals surface area contributed by atoms with Crippen molar-refractivity contribution in [1.29, 1.82) is 5.26 Å². The molecule has 3 rings (SSSR count). The number of hydrogen-bond donors (Lipinski definition) is 1. The van der Waals surface area contributed by atoms with Crippen LogP contribution in [-0.2, 0) is 12.1 Å². The first-order chi connectivity index (χ1) is 13.1. The standard InChI is InChI=1S/C20H22N4O3/c1-27-16-7-5-15(6-8-16)14-24(19(25)26)20(10-3-2-4-11-20)17-9-12-22-18(13-21)23-17/h5-9,12H,2-4,10-11,14H2,1H3,(H,25,26). The van der Waals surface area contributed by atoms with Crippen LogP contribution in [0.25, 0.3) is 0 Å². The van der Waals surface area contributed by atoms with E-state index in [0.717, 1.165) is 30.6 Å². The van der Waals surface area contributed by atoms with E-state index in [1.807, 2.05) is 30.3 Å². The molecule has 1 aliphatic rings. The van der Waals surface area contributed by atoms with Gasteiger partial charge in [-0.25, -0.2) is 14.8 Å². The highest BCUT2D eigenvalue weighted by Gasteiger charge is 2.43. The van der Waals surface area contributed by atoms with E-state index in [-0.39, 0.29) is 12.4 Å². The molecule has 1 aromatic heterocycles. The second kappa shape index (κ2) is 8.04. The second-order valence-corrected chi connectivity index (χ2v) is 6.69. The lowest BCUT2D eigenvalue weighted by Gasteiger charge is -2.44. The van der Waals surface area contributed by atoms with E-state index in [1.165, 1.54) is 11.1 Å². The van der Waals surface area contributed by atoms with E-state index in [2.05, 4.69) is 9.97 Å². The van der Waals surface area contributed by atoms with Crippen LogP contribution in [-0.4, -0.2) is 33.2 Å². The van der Waals surface area contributed by atoms with Crippen LogP contribution >= 0.6 is 0 Å². The van der Waals surface area contributed by atoms with Crippen molar-refractivity contribution in [3.63, 3.8) is 0 Å². The molecule has 1 fully saturated rings. The molecule has 1 saturated carbocycles. The topological polar surface area (TPSA) is 99.3 Å². The fourth-order valence-electron chi connectivity index (χ4n) is 3.79. The Hall–Kier alpha value is -3.14. The summed E-state index contributed by atoms with van der Waals surface area (Å²) in [6.07, 6.45) is 4.79. The van der Waals surface area contributed by atoms with E-state index in [4.69, 9.17) is 10.00 Å². The van der Waals surface area contributed by atoms with Crippen molar-refractivity contribution >= 4 is 6.09 Å². The molecular formula is C20H22N4O3. The summed E-state index contributed by atoms with van der Waals surface area (Å²) in [5.41, 5.74) is 0.723. The molecular weight excluding hydrogens is 344 g/mol. The van der Waals surface area contributed by atoms with E-state index in [9.17, 15) is 9.90 Å². The maximum absolute atomic E-state index is 12.3. The van der Waals surface area contributed by atoms with Gasteiger partial charge in [-0.05, 0) is 36.6 Å². The first-order valence-electron chi connectivity index (χ1n) is 8.96. The monoisotopic (exact) mass is 366 g/mol. The molecule has 0 spiro atoms. The zero-order valence-electron chi connectivity index (χ0n) is 15.3. The fraction of sp³-hybridized carbons (Fsp3) is 0.400. The van der Waals surface area contributed by atoms with Crippen molar-refractivity contribution in [2.45, 2.75) is 44.2 Å². The molecule has 0 saturated heterocycles. The van der Waals surface area contributed by atoms with Crippen molar-refractivity contribution in [2.24, 2.45) is 0 Å². The van der Waals surface area contributed by atoms with Gasteiger partial charge in [-0.2, -0.15) is 5.26 Å². The summed E-state index contributed by atoms with van der Waals surface area (Å²) in [6.45, 7) is 0.241. The van der Waals surface area contributed by atoms with Crippen molar-refractivity contribution < 1.29 is 14.6 Å². The van der Waals surface area contributed by atoms with Gasteiger partial charge in [0, 0.05) is 12.7 Å². The van der Waals surface area contributed by atoms with Gasteiger partial charge in [0.05, 0.1) is 18.3 Å². The Morgan fingerprint density at radius 3 is 2.56 bits per heavy atom. The Labute approximate surface area is 158 Å². The Balaban J connectivity index is 2.01. The van der Waals surface area contributed by atoms with Crippen LogP contribution in [0.15, 0.2) is 36.5 Å². The van der Waals surface area contributed by atoms with Crippen molar-refractivity contribution in [3.05, 3.63) is 53.6 Å². The minimum absolute atomic E-state index is 0.0623. The smallest absolute Gasteiger partial charge is 0.408 e. The van der Waals surface area contributed by atoms with Crippen molar-refractivity contribution in [1.82, 2.24) is 14.9 Å². The van der Waals surface area contributed by atoms with E-state index in [0.29, 0.717) is 18.5 Å². The number of amides is 1. The molecule has 140 valence electrons. The number of nitriles is 1. The van der Waals surface area contributed by atoms with E-state index >= 15 is 0 Å². The quantitative estimate of drug-likeness (QED) is 0.866. The number of nitrogens with zero attached hydrogens (tertiary/aromatic N) is 4. The lowest BCUT2D eigenvalue weighted by Crippen LogP contribution is -2.50. The summed E-state index contributed by atoms with van der Waals surface area (Å²) in [5, 5.41) is 19.2. The Morgan fingerprint density at radius 1 is 1.26 bits per heavy atom. The molecule has 1 aliphatic carbocycles. The van der Waals surface area contributed by atoms with Crippen LogP contribution in [0.3, 0.4) is 0 Å². The maximum Gasteiger partial charge on any atom is 0.408 e. The van der Waals surface area contributed by atoms with Gasteiger partial charge < -0.3 is 9.84 Å². The fourth-order valence-corrected chi connectivity index (χ4v) is 3.79. The number of carbonyl (C=O) groups is 1. The Morgan fingerprint density at radius 2 is 1.96 bits per heavy atom. The highest BCUT2D eigenvalue weighted by atomic mass is 16.5. The summed E-state index contributed by atoms with van der Waals surface area (Å²) < 4.78 is 5.18. The molecule has 1 amide bonds. The van der Waals surface area contributed by atoms with Gasteiger partial charge >= 0.3 is 6.09 Å². The molecule has 0 unspecified atom stereocenters. The number of hydrogen-bond acceptors (Lipinski definition) is 5. The highest BCUT2D eigenvalue weighted by molar-refractivity contribution is 5.66. The molecule has 7 nitrogen and oxygen atoms in total. The molecule has 0 bridgehead atoms. The van der Waals surface area contributed by atoms with Crippen LogP contribution in [0.5, 0.6) is 5.75 Å². The third-order valence-corrected chi connectivity index (χ3v) is 5.16. The Bertz CT molecular complexity index is 839. The first-order valence-corrected chi connectivity index (χ1v) is 8.96. The van der Waals surface area contributed by atoms with Gasteiger partial charge in [0.2, 0.25) is 5.82 Å². The van der Waals surface area contributed by atoms with E-state index < -0.39 is 11.6 Å². The molecule has 7 heteroatoms. The molecule has 27 heavy (non-hydrogen) atoms. The van der Waals surface area contributed by atoms with Gasteiger partial charge in [0.15, 0.2) is 0 Å². The normalized spacial score (nSPS) is 15.6. The summed E-state index contributed by atoms with van der Waals surface area (Å²) in [4.78, 5) is 22.0. The predicted octanol–water partition coefficient (Wildman–Crippen LogP) is 3.70. The summed E-state index contributed by atoms with van der Waals surface area (Å²) in [5.74, 6) is 0.787. The average Bonchev–Trinajstić information content (AvgIpc) is 2.72. The number of methoxy groups -OCH3 is 1. The molecule has 0 aliphatic heterocycles. The van der Waals surface area contributed by atoms with Gasteiger partial charge in [-0.1, -0.05) is 31.4 Å². The van der Waals surface area contributed by atoms with Gasteiger partial charge in [-0.3, -0.25) is 4.90 Å². The lowest BCUT2D eigenvalue weighted by molar-refractivity contribution is 0.0384. The summed E-state index contributed by atoms with van der Waals surface area (Å²) >= 11 is 0. The number of rotatable bonds is 5. The number of benzene rings is 1. The predicted molar refractivity (Wildman–Crippen MR) is 98.1 cm³/mol. The lowest BCUT2D eigenvalue weighted by atomic mass is 9.77. The van der Waals surface area contributed by atoms with Crippen LogP contribution in [0.2, 0.25) is 0 Å². The van der Waals surface area contributed by atoms with Gasteiger partial charge in [0.1, 0.15) is 11.8 Å². The van der Waals surface area contributed by atoms with Gasteiger partial charge in [-0.15, -0.1) is 0 Å². The molecule has 0 atom stereocenters. The number of ether oxygens (including phenoxy) is 1. The minimum atomic E-state index is -0.996. The maximum atomic E-state index is 12.3. The molecule has 2 aromatic rings. The number of carboxylic acid groups (broad SMARTS) is 1. The average molecular weight is 366 g/mol. The number of aromatic nitrogens is 2. The SMILES string of the molecule is COc1ccc(CN(C(=O)O)C2(c3ccnc(C#N)n3)CCCCC2)cc1. The Kier molecular flexibility index (Phi) is 5.55. The van der Waals surface area contributed by atoms with Gasteiger partial charge in [0.25, 0.3) is 0 Å². The third-order valence-electron chi connectivity index (χ3n) is 5.16. The van der Waals surface area contributed by atoms with Crippen molar-refractivity contribution in [2.75, 3.05) is 7.11 Å². The van der Waals surface area contributed by atoms with Crippen LogP contribution < -0.4 is 4.74 Å². The van der Waals surface area contributed by atoms with Crippen molar-refractivity contribution in [3.8, 4) is 11.8 Å². The first kappa shape index (κ1) is 18.6. The molecule has 0 radical (unpaired) electrons. The molecule has 1 N–H and O–H groups in total. The van der Waals surface area contributed by atoms with Crippen LogP contribution in [0, 0.1) is 11.3 Å². The zero-order chi connectivity index (χ0) is 19.3. The summed E-state index contributed by atoms with van der Waals surface area (Å²) in [7, 11) is 1.59. The van der Waals surface area contributed by atoms with E-state index in [1.54, 1.807) is 13.2 Å². The molecule has 1 aromatic carbocycles. The highest BCUT2D eigenvalue weighted by Crippen LogP contribution is 2.42. The summed E-state index contributed by atoms with van der Waals surface area (Å²) in [6, 6.07) is 11.1. The largest absolute Gasteiger partial charge is 0.497 e. The second-order valence-electron chi connectivity index (χ2n) is 6.69. The minimum Gasteiger partial charge on any atom is -0.497 e.